The third-order valence-electron chi connectivity index (χ3n) is 3.30. The lowest BCUT2D eigenvalue weighted by atomic mass is 9.85. The van der Waals surface area contributed by atoms with Crippen LogP contribution in [0.15, 0.2) is 18.2 Å². The molecule has 0 bridgehead atoms. The maximum atomic E-state index is 12.2. The first-order valence-corrected chi connectivity index (χ1v) is 5.59. The van der Waals surface area contributed by atoms with Crippen LogP contribution in [0, 0.1) is 0 Å². The second-order valence-electron chi connectivity index (χ2n) is 4.71. The Hall–Kier alpha value is -1.84. The molecule has 0 aliphatic carbocycles. The standard InChI is InChI=1S/C13H15NO3/c1-4-14-10-6-5-8(11(15)16)7-9(10)13(2,3)12(14)17/h5-7H,4H2,1-3H3,(H,15,16). The lowest BCUT2D eigenvalue weighted by molar-refractivity contribution is -0.122. The lowest BCUT2D eigenvalue weighted by Crippen LogP contribution is -2.35. The van der Waals surface area contributed by atoms with Gasteiger partial charge >= 0.3 is 5.97 Å². The zero-order chi connectivity index (χ0) is 12.8. The monoisotopic (exact) mass is 233 g/mol. The molecular formula is C13H15NO3. The summed E-state index contributed by atoms with van der Waals surface area (Å²) in [5.74, 6) is -0.941. The van der Waals surface area contributed by atoms with Gasteiger partial charge in [0.05, 0.1) is 11.0 Å². The summed E-state index contributed by atoms with van der Waals surface area (Å²) in [6.07, 6.45) is 0. The number of aromatic carboxylic acids is 1. The molecule has 90 valence electrons. The Labute approximate surface area is 99.9 Å². The topological polar surface area (TPSA) is 57.6 Å². The molecule has 0 saturated carbocycles. The fourth-order valence-corrected chi connectivity index (χ4v) is 2.28. The average Bonchev–Trinajstić information content (AvgIpc) is 2.47. The van der Waals surface area contributed by atoms with Crippen LogP contribution in [0.5, 0.6) is 0 Å². The van der Waals surface area contributed by atoms with Crippen LogP contribution in [0.2, 0.25) is 0 Å². The Balaban J connectivity index is 2.63. The number of anilines is 1. The second kappa shape index (κ2) is 3.58. The van der Waals surface area contributed by atoms with Crippen molar-refractivity contribution in [1.29, 1.82) is 0 Å². The van der Waals surface area contributed by atoms with Crippen LogP contribution in [0.1, 0.15) is 36.7 Å². The van der Waals surface area contributed by atoms with Gasteiger partial charge in [-0.3, -0.25) is 4.79 Å². The van der Waals surface area contributed by atoms with Gasteiger partial charge in [-0.15, -0.1) is 0 Å². The van der Waals surface area contributed by atoms with Crippen LogP contribution in [0.25, 0.3) is 0 Å². The number of nitrogens with zero attached hydrogens (tertiary/aromatic N) is 1. The number of carbonyl (C=O) groups is 2. The van der Waals surface area contributed by atoms with Crippen LogP contribution < -0.4 is 4.90 Å². The minimum absolute atomic E-state index is 0.0255. The summed E-state index contributed by atoms with van der Waals surface area (Å²) in [4.78, 5) is 24.8. The molecule has 0 atom stereocenters. The van der Waals surface area contributed by atoms with Crippen molar-refractivity contribution in [3.8, 4) is 0 Å². The molecule has 0 unspecified atom stereocenters. The number of carboxylic acids is 1. The van der Waals surface area contributed by atoms with E-state index in [1.54, 1.807) is 23.1 Å². The van der Waals surface area contributed by atoms with Gasteiger partial charge in [0, 0.05) is 12.2 Å². The number of likely N-dealkylation sites (N-methyl/N-ethyl adjacent to an activating group) is 1. The number of rotatable bonds is 2. The maximum absolute atomic E-state index is 12.2. The Kier molecular flexibility index (Phi) is 2.45. The molecule has 2 rings (SSSR count). The molecule has 0 spiro atoms. The van der Waals surface area contributed by atoms with E-state index in [0.717, 1.165) is 11.3 Å². The van der Waals surface area contributed by atoms with Crippen LogP contribution in [0.4, 0.5) is 5.69 Å². The van der Waals surface area contributed by atoms with Crippen molar-refractivity contribution >= 4 is 17.6 Å². The normalized spacial score (nSPS) is 17.1. The van der Waals surface area contributed by atoms with Crippen LogP contribution in [-0.2, 0) is 10.2 Å². The molecule has 1 amide bonds. The first-order chi connectivity index (χ1) is 7.89. The molecule has 4 heteroatoms. The van der Waals surface area contributed by atoms with E-state index in [1.807, 2.05) is 20.8 Å². The molecule has 17 heavy (non-hydrogen) atoms. The highest BCUT2D eigenvalue weighted by Gasteiger charge is 2.43. The predicted octanol–water partition coefficient (Wildman–Crippen LogP) is 2.03. The summed E-state index contributed by atoms with van der Waals surface area (Å²) in [5, 5.41) is 8.98. The van der Waals surface area contributed by atoms with E-state index in [0.29, 0.717) is 6.54 Å². The SMILES string of the molecule is CCN1C(=O)C(C)(C)c2cc(C(=O)O)ccc21. The molecule has 0 aromatic heterocycles. The summed E-state index contributed by atoms with van der Waals surface area (Å²) in [6.45, 7) is 6.17. The second-order valence-corrected chi connectivity index (χ2v) is 4.71. The van der Waals surface area contributed by atoms with Gasteiger partial charge in [-0.1, -0.05) is 0 Å². The molecule has 4 nitrogen and oxygen atoms in total. The molecule has 0 saturated heterocycles. The van der Waals surface area contributed by atoms with Gasteiger partial charge in [-0.05, 0) is 44.5 Å². The number of hydrogen-bond acceptors (Lipinski definition) is 2. The highest BCUT2D eigenvalue weighted by Crippen LogP contribution is 2.41. The van der Waals surface area contributed by atoms with Crippen molar-refractivity contribution in [2.45, 2.75) is 26.2 Å². The van der Waals surface area contributed by atoms with Gasteiger partial charge in [-0.2, -0.15) is 0 Å². The largest absolute Gasteiger partial charge is 0.478 e. The van der Waals surface area contributed by atoms with E-state index in [-0.39, 0.29) is 11.5 Å². The van der Waals surface area contributed by atoms with Crippen molar-refractivity contribution in [1.82, 2.24) is 0 Å². The number of fused-ring (bicyclic) bond motifs is 1. The first kappa shape index (κ1) is 11.6. The predicted molar refractivity (Wildman–Crippen MR) is 64.5 cm³/mol. The maximum Gasteiger partial charge on any atom is 0.335 e. The Morgan fingerprint density at radius 1 is 1.41 bits per heavy atom. The smallest absolute Gasteiger partial charge is 0.335 e. The van der Waals surface area contributed by atoms with E-state index in [9.17, 15) is 9.59 Å². The molecule has 0 fully saturated rings. The van der Waals surface area contributed by atoms with E-state index < -0.39 is 11.4 Å². The van der Waals surface area contributed by atoms with E-state index in [1.165, 1.54) is 0 Å². The minimum atomic E-state index is -0.967. The molecule has 1 N–H and O–H groups in total. The average molecular weight is 233 g/mol. The Bertz CT molecular complexity index is 505. The van der Waals surface area contributed by atoms with Crippen molar-refractivity contribution < 1.29 is 14.7 Å². The Morgan fingerprint density at radius 3 is 2.59 bits per heavy atom. The number of amides is 1. The summed E-state index contributed by atoms with van der Waals surface area (Å²) < 4.78 is 0. The van der Waals surface area contributed by atoms with Crippen molar-refractivity contribution in [2.24, 2.45) is 0 Å². The van der Waals surface area contributed by atoms with Gasteiger partial charge in [0.15, 0.2) is 0 Å². The number of carboxylic acid groups (broad SMARTS) is 1. The number of carbonyl (C=O) groups excluding carboxylic acids is 1. The molecule has 1 heterocycles. The molecular weight excluding hydrogens is 218 g/mol. The van der Waals surface area contributed by atoms with Crippen molar-refractivity contribution in [2.75, 3.05) is 11.4 Å². The lowest BCUT2D eigenvalue weighted by Gasteiger charge is -2.18. The van der Waals surface area contributed by atoms with Crippen LogP contribution in [-0.4, -0.2) is 23.5 Å². The van der Waals surface area contributed by atoms with E-state index in [4.69, 9.17) is 5.11 Å². The number of hydrogen-bond donors (Lipinski definition) is 1. The van der Waals surface area contributed by atoms with E-state index >= 15 is 0 Å². The highest BCUT2D eigenvalue weighted by molar-refractivity contribution is 6.08. The fraction of sp³-hybridized carbons (Fsp3) is 0.385. The van der Waals surface area contributed by atoms with Gasteiger partial charge in [0.2, 0.25) is 5.91 Å². The van der Waals surface area contributed by atoms with Crippen molar-refractivity contribution in [3.05, 3.63) is 29.3 Å². The Morgan fingerprint density at radius 2 is 2.06 bits per heavy atom. The molecule has 1 aliphatic rings. The molecule has 1 aromatic rings. The third kappa shape index (κ3) is 1.52. The summed E-state index contributed by atoms with van der Waals surface area (Å²) in [5.41, 5.74) is 1.20. The van der Waals surface area contributed by atoms with Crippen LogP contribution in [0.3, 0.4) is 0 Å². The van der Waals surface area contributed by atoms with Gasteiger partial charge in [0.25, 0.3) is 0 Å². The zero-order valence-electron chi connectivity index (χ0n) is 10.2. The number of benzene rings is 1. The van der Waals surface area contributed by atoms with Crippen LogP contribution >= 0.6 is 0 Å². The summed E-state index contributed by atoms with van der Waals surface area (Å²) >= 11 is 0. The quantitative estimate of drug-likeness (QED) is 0.850. The third-order valence-corrected chi connectivity index (χ3v) is 3.30. The summed E-state index contributed by atoms with van der Waals surface area (Å²) in [7, 11) is 0. The van der Waals surface area contributed by atoms with E-state index in [2.05, 4.69) is 0 Å². The zero-order valence-corrected chi connectivity index (χ0v) is 10.2. The fourth-order valence-electron chi connectivity index (χ4n) is 2.28. The minimum Gasteiger partial charge on any atom is -0.478 e. The van der Waals surface area contributed by atoms with Gasteiger partial charge < -0.3 is 10.0 Å². The van der Waals surface area contributed by atoms with Gasteiger partial charge in [-0.25, -0.2) is 4.79 Å². The first-order valence-electron chi connectivity index (χ1n) is 5.59. The van der Waals surface area contributed by atoms with Gasteiger partial charge in [0.1, 0.15) is 0 Å². The summed E-state index contributed by atoms with van der Waals surface area (Å²) in [6, 6.07) is 4.86. The highest BCUT2D eigenvalue weighted by atomic mass is 16.4. The molecule has 1 aromatic carbocycles. The molecule has 1 aliphatic heterocycles. The molecule has 0 radical (unpaired) electrons. The van der Waals surface area contributed by atoms with Crippen molar-refractivity contribution in [3.63, 3.8) is 0 Å².